The zero-order valence-corrected chi connectivity index (χ0v) is 14.8. The molecule has 0 amide bonds. The molecule has 4 rings (SSSR count). The summed E-state index contributed by atoms with van der Waals surface area (Å²) in [5, 5.41) is 0. The van der Waals surface area contributed by atoms with E-state index in [2.05, 4.69) is 66.9 Å². The lowest BCUT2D eigenvalue weighted by Crippen LogP contribution is -2.09. The van der Waals surface area contributed by atoms with E-state index < -0.39 is 0 Å². The molecule has 2 nitrogen and oxygen atoms in total. The van der Waals surface area contributed by atoms with Crippen molar-refractivity contribution in [3.05, 3.63) is 102 Å². The summed E-state index contributed by atoms with van der Waals surface area (Å²) in [5.74, 6) is 0.729. The smallest absolute Gasteiger partial charge is 0.218 e. The van der Waals surface area contributed by atoms with Crippen molar-refractivity contribution in [3.63, 3.8) is 0 Å². The Kier molecular flexibility index (Phi) is 4.57. The molecule has 25 heavy (non-hydrogen) atoms. The van der Waals surface area contributed by atoms with Crippen LogP contribution in [-0.2, 0) is 4.74 Å². The van der Waals surface area contributed by atoms with Gasteiger partial charge in [-0.1, -0.05) is 72.8 Å². The Hall–Kier alpha value is -2.52. The van der Waals surface area contributed by atoms with Crippen LogP contribution in [0.25, 0.3) is 0 Å². The van der Waals surface area contributed by atoms with Gasteiger partial charge in [-0.25, -0.2) is 4.99 Å². The van der Waals surface area contributed by atoms with Gasteiger partial charge in [0.25, 0.3) is 0 Å². The molecule has 2 atom stereocenters. The largest absolute Gasteiger partial charge is 0.467 e. The van der Waals surface area contributed by atoms with Crippen LogP contribution in [0, 0.1) is 0 Å². The van der Waals surface area contributed by atoms with E-state index in [9.17, 15) is 0 Å². The first-order valence-electron chi connectivity index (χ1n) is 8.34. The van der Waals surface area contributed by atoms with Gasteiger partial charge in [0.1, 0.15) is 6.04 Å². The van der Waals surface area contributed by atoms with Gasteiger partial charge < -0.3 is 4.74 Å². The highest BCUT2D eigenvalue weighted by Gasteiger charge is 2.34. The molecule has 0 aliphatic carbocycles. The number of ether oxygens (including phenoxy) is 1. The van der Waals surface area contributed by atoms with Gasteiger partial charge in [-0.05, 0) is 29.5 Å². The molecule has 124 valence electrons. The van der Waals surface area contributed by atoms with Crippen LogP contribution < -0.4 is 0 Å². The summed E-state index contributed by atoms with van der Waals surface area (Å²) in [6, 6.07) is 29.0. The van der Waals surface area contributed by atoms with Crippen LogP contribution in [0.5, 0.6) is 0 Å². The summed E-state index contributed by atoms with van der Waals surface area (Å²) in [7, 11) is 0. The first kappa shape index (κ1) is 16.0. The fourth-order valence-electron chi connectivity index (χ4n) is 3.16. The minimum Gasteiger partial charge on any atom is -0.467 e. The molecule has 0 spiro atoms. The highest BCUT2D eigenvalue weighted by molar-refractivity contribution is 7.98. The van der Waals surface area contributed by atoms with Crippen molar-refractivity contribution in [1.82, 2.24) is 0 Å². The number of hydrogen-bond acceptors (Lipinski definition) is 3. The lowest BCUT2D eigenvalue weighted by atomic mass is 9.97. The third kappa shape index (κ3) is 3.20. The van der Waals surface area contributed by atoms with Gasteiger partial charge in [0.05, 0.1) is 0 Å². The molecule has 1 aliphatic rings. The Morgan fingerprint density at radius 3 is 2.04 bits per heavy atom. The minimum absolute atomic E-state index is 0.0338. The van der Waals surface area contributed by atoms with E-state index in [1.807, 2.05) is 24.3 Å². The minimum atomic E-state index is -0.103. The topological polar surface area (TPSA) is 21.6 Å². The van der Waals surface area contributed by atoms with E-state index in [4.69, 9.17) is 9.73 Å². The molecule has 3 aromatic rings. The van der Waals surface area contributed by atoms with Crippen molar-refractivity contribution in [2.75, 3.05) is 6.26 Å². The molecule has 0 unspecified atom stereocenters. The number of rotatable bonds is 4. The Morgan fingerprint density at radius 1 is 0.760 bits per heavy atom. The van der Waals surface area contributed by atoms with Crippen LogP contribution in [0.3, 0.4) is 0 Å². The normalized spacial score (nSPS) is 19.3. The summed E-state index contributed by atoms with van der Waals surface area (Å²) in [6.07, 6.45) is 1.98. The van der Waals surface area contributed by atoms with Crippen LogP contribution in [0.15, 0.2) is 94.8 Å². The van der Waals surface area contributed by atoms with Crippen molar-refractivity contribution < 1.29 is 4.74 Å². The Balaban J connectivity index is 1.77. The van der Waals surface area contributed by atoms with Crippen LogP contribution in [0.4, 0.5) is 0 Å². The lowest BCUT2D eigenvalue weighted by Gasteiger charge is -2.18. The van der Waals surface area contributed by atoms with Crippen molar-refractivity contribution in [2.45, 2.75) is 17.0 Å². The standard InChI is InChI=1S/C22H19NOS/c1-25-19-15-9-8-14-18(19)22-23-20(16-10-4-2-5-11-16)21(24-22)17-12-6-3-7-13-17/h2-15,20-21H,1H3/t20-,21+/m1/s1. The van der Waals surface area contributed by atoms with Crippen LogP contribution in [0.2, 0.25) is 0 Å². The first-order chi connectivity index (χ1) is 12.4. The second kappa shape index (κ2) is 7.16. The Morgan fingerprint density at radius 2 is 1.36 bits per heavy atom. The zero-order valence-electron chi connectivity index (χ0n) is 14.0. The maximum atomic E-state index is 6.38. The Labute approximate surface area is 152 Å². The van der Waals surface area contributed by atoms with E-state index in [0.717, 1.165) is 17.0 Å². The molecule has 1 heterocycles. The van der Waals surface area contributed by atoms with Crippen LogP contribution in [0.1, 0.15) is 28.8 Å². The molecular formula is C22H19NOS. The molecule has 3 heteroatoms. The molecule has 0 N–H and O–H groups in total. The van der Waals surface area contributed by atoms with Gasteiger partial charge >= 0.3 is 0 Å². The van der Waals surface area contributed by atoms with Gasteiger partial charge in [-0.15, -0.1) is 11.8 Å². The van der Waals surface area contributed by atoms with Crippen molar-refractivity contribution in [1.29, 1.82) is 0 Å². The number of benzene rings is 3. The highest BCUT2D eigenvalue weighted by Crippen LogP contribution is 2.41. The molecule has 0 aromatic heterocycles. The molecular weight excluding hydrogens is 326 g/mol. The lowest BCUT2D eigenvalue weighted by molar-refractivity contribution is 0.197. The van der Waals surface area contributed by atoms with Gasteiger partial charge in [-0.2, -0.15) is 0 Å². The van der Waals surface area contributed by atoms with E-state index >= 15 is 0 Å². The SMILES string of the molecule is CSc1ccccc1C1=N[C@H](c2ccccc2)[C@H](c2ccccc2)O1. The fraction of sp³-hybridized carbons (Fsp3) is 0.136. The second-order valence-electron chi connectivity index (χ2n) is 5.94. The van der Waals surface area contributed by atoms with Gasteiger partial charge in [0, 0.05) is 10.5 Å². The highest BCUT2D eigenvalue weighted by atomic mass is 32.2. The number of hydrogen-bond donors (Lipinski definition) is 0. The van der Waals surface area contributed by atoms with Gasteiger partial charge in [0.2, 0.25) is 5.90 Å². The molecule has 1 aliphatic heterocycles. The molecule has 0 bridgehead atoms. The van der Waals surface area contributed by atoms with Gasteiger partial charge in [0.15, 0.2) is 6.10 Å². The van der Waals surface area contributed by atoms with E-state index in [1.54, 1.807) is 11.8 Å². The van der Waals surface area contributed by atoms with Crippen molar-refractivity contribution in [2.24, 2.45) is 4.99 Å². The van der Waals surface area contributed by atoms with Gasteiger partial charge in [-0.3, -0.25) is 0 Å². The predicted octanol–water partition coefficient (Wildman–Crippen LogP) is 5.67. The quantitative estimate of drug-likeness (QED) is 0.568. The average Bonchev–Trinajstić information content (AvgIpc) is 3.14. The maximum Gasteiger partial charge on any atom is 0.218 e. The van der Waals surface area contributed by atoms with Crippen molar-refractivity contribution in [3.8, 4) is 0 Å². The third-order valence-electron chi connectivity index (χ3n) is 4.39. The average molecular weight is 345 g/mol. The summed E-state index contributed by atoms with van der Waals surface area (Å²) in [4.78, 5) is 6.16. The molecule has 0 fully saturated rings. The van der Waals surface area contributed by atoms with E-state index in [0.29, 0.717) is 0 Å². The number of nitrogens with zero attached hydrogens (tertiary/aromatic N) is 1. The zero-order chi connectivity index (χ0) is 17.1. The summed E-state index contributed by atoms with van der Waals surface area (Å²) in [5.41, 5.74) is 3.39. The fourth-order valence-corrected chi connectivity index (χ4v) is 3.75. The third-order valence-corrected chi connectivity index (χ3v) is 5.18. The molecule has 3 aromatic carbocycles. The van der Waals surface area contributed by atoms with Crippen molar-refractivity contribution >= 4 is 17.7 Å². The molecule has 0 saturated heterocycles. The maximum absolute atomic E-state index is 6.38. The number of thioether (sulfide) groups is 1. The molecule has 0 saturated carbocycles. The summed E-state index contributed by atoms with van der Waals surface area (Å²) < 4.78 is 6.38. The van der Waals surface area contributed by atoms with Crippen LogP contribution >= 0.6 is 11.8 Å². The van der Waals surface area contributed by atoms with Crippen LogP contribution in [-0.4, -0.2) is 12.2 Å². The summed E-state index contributed by atoms with van der Waals surface area (Å²) >= 11 is 1.72. The van der Waals surface area contributed by atoms with E-state index in [-0.39, 0.29) is 12.1 Å². The Bertz CT molecular complexity index is 877. The number of aliphatic imine (C=N–C) groups is 1. The predicted molar refractivity (Wildman–Crippen MR) is 104 cm³/mol. The molecule has 0 radical (unpaired) electrons. The second-order valence-corrected chi connectivity index (χ2v) is 6.79. The monoisotopic (exact) mass is 345 g/mol. The summed E-state index contributed by atoms with van der Waals surface area (Å²) in [6.45, 7) is 0. The first-order valence-corrected chi connectivity index (χ1v) is 9.57. The van der Waals surface area contributed by atoms with E-state index in [1.165, 1.54) is 10.5 Å².